The van der Waals surface area contributed by atoms with Crippen LogP contribution in [0.15, 0.2) is 10.7 Å². The highest BCUT2D eigenvalue weighted by molar-refractivity contribution is 9.10. The molecule has 1 atom stereocenters. The Hall–Kier alpha value is -0.680. The molecule has 0 amide bonds. The van der Waals surface area contributed by atoms with Crippen molar-refractivity contribution in [2.24, 2.45) is 0 Å². The van der Waals surface area contributed by atoms with E-state index in [0.29, 0.717) is 5.82 Å². The maximum Gasteiger partial charge on any atom is 0.133 e. The number of aryl methyl sites for hydroxylation is 1. The second-order valence-corrected chi connectivity index (χ2v) is 4.05. The number of hydrogen-bond donors (Lipinski definition) is 1. The molecule has 0 saturated heterocycles. The van der Waals surface area contributed by atoms with Crippen LogP contribution in [0, 0.1) is 6.92 Å². The third-order valence-electron chi connectivity index (χ3n) is 2.08. The third-order valence-corrected chi connectivity index (χ3v) is 2.49. The molecule has 1 aromatic heterocycles. The third kappa shape index (κ3) is 2.65. The Kier molecular flexibility index (Phi) is 3.83. The summed E-state index contributed by atoms with van der Waals surface area (Å²) in [7, 11) is 1.90. The van der Waals surface area contributed by atoms with Gasteiger partial charge in [0.05, 0.1) is 12.6 Å². The lowest BCUT2D eigenvalue weighted by Crippen LogP contribution is -2.32. The zero-order valence-electron chi connectivity index (χ0n) is 8.53. The summed E-state index contributed by atoms with van der Waals surface area (Å²) < 4.78 is 0.761. The predicted octanol–water partition coefficient (Wildman–Crippen LogP) is 1.36. The highest BCUT2D eigenvalue weighted by Gasteiger charge is 2.11. The number of anilines is 1. The Bertz CT molecular complexity index is 299. The smallest absolute Gasteiger partial charge is 0.133 e. The monoisotopic (exact) mass is 259 g/mol. The first-order valence-corrected chi connectivity index (χ1v) is 5.18. The topological polar surface area (TPSA) is 49.2 Å². The fourth-order valence-electron chi connectivity index (χ4n) is 1.05. The van der Waals surface area contributed by atoms with E-state index in [-0.39, 0.29) is 12.6 Å². The SMILES string of the molecule is Cc1nc(Br)cc(N(C)C(C)CO)n1. The fraction of sp³-hybridized carbons (Fsp3) is 0.556. The minimum Gasteiger partial charge on any atom is -0.394 e. The van der Waals surface area contributed by atoms with Crippen molar-refractivity contribution in [1.29, 1.82) is 0 Å². The molecule has 0 radical (unpaired) electrons. The first-order valence-electron chi connectivity index (χ1n) is 4.39. The number of halogens is 1. The molecule has 1 aromatic rings. The minimum atomic E-state index is 0.0520. The molecule has 0 saturated carbocycles. The van der Waals surface area contributed by atoms with Crippen molar-refractivity contribution in [3.05, 3.63) is 16.5 Å². The Morgan fingerprint density at radius 3 is 2.71 bits per heavy atom. The van der Waals surface area contributed by atoms with Gasteiger partial charge in [-0.2, -0.15) is 0 Å². The van der Waals surface area contributed by atoms with Crippen LogP contribution in [0.5, 0.6) is 0 Å². The molecule has 0 fully saturated rings. The van der Waals surface area contributed by atoms with Gasteiger partial charge in [-0.3, -0.25) is 0 Å². The van der Waals surface area contributed by atoms with E-state index < -0.39 is 0 Å². The summed E-state index contributed by atoms with van der Waals surface area (Å²) in [5.41, 5.74) is 0. The molecule has 5 heteroatoms. The summed E-state index contributed by atoms with van der Waals surface area (Å²) in [5.74, 6) is 1.53. The predicted molar refractivity (Wildman–Crippen MR) is 59.4 cm³/mol. The number of nitrogens with zero attached hydrogens (tertiary/aromatic N) is 3. The van der Waals surface area contributed by atoms with Crippen molar-refractivity contribution in [3.8, 4) is 0 Å². The quantitative estimate of drug-likeness (QED) is 0.834. The molecule has 1 rings (SSSR count). The van der Waals surface area contributed by atoms with Crippen molar-refractivity contribution in [1.82, 2.24) is 9.97 Å². The zero-order chi connectivity index (χ0) is 10.7. The average molecular weight is 260 g/mol. The van der Waals surface area contributed by atoms with Crippen molar-refractivity contribution < 1.29 is 5.11 Å². The van der Waals surface area contributed by atoms with Gasteiger partial charge < -0.3 is 10.0 Å². The van der Waals surface area contributed by atoms with Gasteiger partial charge in [0.15, 0.2) is 0 Å². The average Bonchev–Trinajstić information content (AvgIpc) is 2.14. The summed E-state index contributed by atoms with van der Waals surface area (Å²) in [6.45, 7) is 3.88. The number of aliphatic hydroxyl groups is 1. The lowest BCUT2D eigenvalue weighted by molar-refractivity contribution is 0.269. The lowest BCUT2D eigenvalue weighted by Gasteiger charge is -2.24. The van der Waals surface area contributed by atoms with E-state index in [1.54, 1.807) is 0 Å². The number of hydrogen-bond acceptors (Lipinski definition) is 4. The van der Waals surface area contributed by atoms with Crippen molar-refractivity contribution in [2.45, 2.75) is 19.9 Å². The second-order valence-electron chi connectivity index (χ2n) is 3.24. The Morgan fingerprint density at radius 1 is 1.57 bits per heavy atom. The molecule has 4 nitrogen and oxygen atoms in total. The summed E-state index contributed by atoms with van der Waals surface area (Å²) in [6, 6.07) is 1.88. The van der Waals surface area contributed by atoms with Crippen molar-refractivity contribution in [3.63, 3.8) is 0 Å². The number of aromatic nitrogens is 2. The van der Waals surface area contributed by atoms with Crippen molar-refractivity contribution >= 4 is 21.7 Å². The maximum atomic E-state index is 9.01. The molecular formula is C9H14BrN3O. The van der Waals surface area contributed by atoms with Gasteiger partial charge in [-0.15, -0.1) is 0 Å². The van der Waals surface area contributed by atoms with Crippen LogP contribution in [0.4, 0.5) is 5.82 Å². The van der Waals surface area contributed by atoms with Gasteiger partial charge >= 0.3 is 0 Å². The first kappa shape index (κ1) is 11.4. The van der Waals surface area contributed by atoms with Gasteiger partial charge in [-0.05, 0) is 29.8 Å². The number of aliphatic hydroxyl groups excluding tert-OH is 1. The van der Waals surface area contributed by atoms with Crippen LogP contribution >= 0.6 is 15.9 Å². The van der Waals surface area contributed by atoms with Crippen LogP contribution in [0.25, 0.3) is 0 Å². The van der Waals surface area contributed by atoms with E-state index >= 15 is 0 Å². The molecule has 0 bridgehead atoms. The number of likely N-dealkylation sites (N-methyl/N-ethyl adjacent to an activating group) is 1. The summed E-state index contributed by atoms with van der Waals surface area (Å²) in [5, 5.41) is 9.01. The van der Waals surface area contributed by atoms with E-state index in [4.69, 9.17) is 5.11 Å². The molecule has 1 unspecified atom stereocenters. The van der Waals surface area contributed by atoms with Gasteiger partial charge in [0.2, 0.25) is 0 Å². The normalized spacial score (nSPS) is 12.6. The zero-order valence-corrected chi connectivity index (χ0v) is 10.1. The largest absolute Gasteiger partial charge is 0.394 e. The summed E-state index contributed by atoms with van der Waals surface area (Å²) in [4.78, 5) is 10.3. The van der Waals surface area contributed by atoms with Gasteiger partial charge in [0.1, 0.15) is 16.2 Å². The molecule has 14 heavy (non-hydrogen) atoms. The minimum absolute atomic E-state index is 0.0520. The molecule has 78 valence electrons. The van der Waals surface area contributed by atoms with Crippen LogP contribution < -0.4 is 4.90 Å². The molecule has 0 spiro atoms. The molecule has 0 aliphatic carbocycles. The fourth-order valence-corrected chi connectivity index (χ4v) is 1.51. The van der Waals surface area contributed by atoms with E-state index in [1.807, 2.05) is 31.9 Å². The highest BCUT2D eigenvalue weighted by atomic mass is 79.9. The molecular weight excluding hydrogens is 246 g/mol. The van der Waals surface area contributed by atoms with Crippen LogP contribution in [0.2, 0.25) is 0 Å². The van der Waals surface area contributed by atoms with Crippen LogP contribution in [-0.2, 0) is 0 Å². The van der Waals surface area contributed by atoms with Gasteiger partial charge in [0.25, 0.3) is 0 Å². The Morgan fingerprint density at radius 2 is 2.21 bits per heavy atom. The highest BCUT2D eigenvalue weighted by Crippen LogP contribution is 2.16. The van der Waals surface area contributed by atoms with E-state index in [2.05, 4.69) is 25.9 Å². The van der Waals surface area contributed by atoms with E-state index in [0.717, 1.165) is 10.4 Å². The molecule has 0 aromatic carbocycles. The molecule has 1 heterocycles. The van der Waals surface area contributed by atoms with Crippen LogP contribution in [0.3, 0.4) is 0 Å². The van der Waals surface area contributed by atoms with Crippen LogP contribution in [0.1, 0.15) is 12.7 Å². The number of rotatable bonds is 3. The van der Waals surface area contributed by atoms with Gasteiger partial charge in [-0.1, -0.05) is 0 Å². The summed E-state index contributed by atoms with van der Waals surface area (Å²) >= 11 is 3.31. The van der Waals surface area contributed by atoms with Gasteiger partial charge in [0, 0.05) is 13.1 Å². The molecule has 1 N–H and O–H groups in total. The second kappa shape index (κ2) is 4.70. The van der Waals surface area contributed by atoms with Gasteiger partial charge in [-0.25, -0.2) is 9.97 Å². The van der Waals surface area contributed by atoms with Crippen LogP contribution in [-0.4, -0.2) is 34.8 Å². The Balaban J connectivity index is 2.94. The van der Waals surface area contributed by atoms with E-state index in [9.17, 15) is 0 Å². The summed E-state index contributed by atoms with van der Waals surface area (Å²) in [6.07, 6.45) is 0. The van der Waals surface area contributed by atoms with Crippen molar-refractivity contribution in [2.75, 3.05) is 18.6 Å². The standard InChI is InChI=1S/C9H14BrN3O/c1-6(5-14)13(3)9-4-8(10)11-7(2)12-9/h4,6,14H,5H2,1-3H3. The Labute approximate surface area is 92.1 Å². The molecule has 0 aliphatic rings. The lowest BCUT2D eigenvalue weighted by atomic mass is 10.3. The first-order chi connectivity index (χ1) is 6.54. The molecule has 0 aliphatic heterocycles. The maximum absolute atomic E-state index is 9.01. The van der Waals surface area contributed by atoms with E-state index in [1.165, 1.54) is 0 Å².